The SMILES string of the molecule is O=CN1CCN(C(=O)c2ccnc(N3CCc4ccccc4C3)n2)CC1. The number of carbonyl (C=O) groups is 2. The number of hydrogen-bond donors (Lipinski definition) is 0. The Hall–Kier alpha value is -2.96. The summed E-state index contributed by atoms with van der Waals surface area (Å²) >= 11 is 0. The summed E-state index contributed by atoms with van der Waals surface area (Å²) in [5.74, 6) is 0.494. The molecule has 0 unspecified atom stereocenters. The van der Waals surface area contributed by atoms with Crippen molar-refractivity contribution < 1.29 is 9.59 Å². The molecule has 2 aliphatic heterocycles. The standard InChI is InChI=1S/C19H21N5O2/c25-14-22-9-11-23(12-10-22)18(26)17-5-7-20-19(21-17)24-8-6-15-3-1-2-4-16(15)13-24/h1-5,7,14H,6,8-13H2. The molecular formula is C19H21N5O2. The average molecular weight is 351 g/mol. The second-order valence-corrected chi connectivity index (χ2v) is 6.62. The average Bonchev–Trinajstić information content (AvgIpc) is 2.73. The van der Waals surface area contributed by atoms with Crippen LogP contribution >= 0.6 is 0 Å². The van der Waals surface area contributed by atoms with E-state index >= 15 is 0 Å². The van der Waals surface area contributed by atoms with Crippen molar-refractivity contribution in [2.75, 3.05) is 37.6 Å². The van der Waals surface area contributed by atoms with Gasteiger partial charge in [0.05, 0.1) is 0 Å². The molecule has 1 fully saturated rings. The maximum Gasteiger partial charge on any atom is 0.272 e. The Kier molecular flexibility index (Phi) is 4.51. The normalized spacial score (nSPS) is 17.0. The van der Waals surface area contributed by atoms with Crippen LogP contribution in [0.4, 0.5) is 5.95 Å². The summed E-state index contributed by atoms with van der Waals surface area (Å²) in [4.78, 5) is 38.0. The number of aromatic nitrogens is 2. The van der Waals surface area contributed by atoms with E-state index in [1.807, 2.05) is 6.07 Å². The molecule has 26 heavy (non-hydrogen) atoms. The maximum absolute atomic E-state index is 12.7. The Bertz CT molecular complexity index is 817. The second-order valence-electron chi connectivity index (χ2n) is 6.62. The largest absolute Gasteiger partial charge is 0.342 e. The van der Waals surface area contributed by atoms with Gasteiger partial charge in [-0.2, -0.15) is 0 Å². The van der Waals surface area contributed by atoms with Gasteiger partial charge in [0.2, 0.25) is 12.4 Å². The lowest BCUT2D eigenvalue weighted by molar-refractivity contribution is -0.119. The fourth-order valence-electron chi connectivity index (χ4n) is 3.48. The van der Waals surface area contributed by atoms with Crippen molar-refractivity contribution >= 4 is 18.3 Å². The highest BCUT2D eigenvalue weighted by Crippen LogP contribution is 2.22. The van der Waals surface area contributed by atoms with E-state index in [2.05, 4.69) is 33.1 Å². The molecule has 7 heteroatoms. The van der Waals surface area contributed by atoms with Gasteiger partial charge >= 0.3 is 0 Å². The minimum Gasteiger partial charge on any atom is -0.342 e. The molecule has 3 heterocycles. The first-order valence-corrected chi connectivity index (χ1v) is 8.88. The van der Waals surface area contributed by atoms with E-state index in [9.17, 15) is 9.59 Å². The molecule has 4 rings (SSSR count). The van der Waals surface area contributed by atoms with E-state index in [1.165, 1.54) is 11.1 Å². The molecule has 0 radical (unpaired) electrons. The molecule has 0 N–H and O–H groups in total. The third-order valence-corrected chi connectivity index (χ3v) is 5.03. The number of piperazine rings is 1. The van der Waals surface area contributed by atoms with Crippen LogP contribution in [0.15, 0.2) is 36.5 Å². The van der Waals surface area contributed by atoms with E-state index < -0.39 is 0 Å². The van der Waals surface area contributed by atoms with Crippen molar-refractivity contribution in [2.24, 2.45) is 0 Å². The quantitative estimate of drug-likeness (QED) is 0.770. The Balaban J connectivity index is 1.49. The Labute approximate surface area is 152 Å². The molecule has 134 valence electrons. The number of hydrogen-bond acceptors (Lipinski definition) is 5. The van der Waals surface area contributed by atoms with Crippen molar-refractivity contribution in [1.29, 1.82) is 0 Å². The van der Waals surface area contributed by atoms with E-state index in [-0.39, 0.29) is 5.91 Å². The van der Waals surface area contributed by atoms with Crippen LogP contribution in [0.2, 0.25) is 0 Å². The molecular weight excluding hydrogens is 330 g/mol. The monoisotopic (exact) mass is 351 g/mol. The van der Waals surface area contributed by atoms with Gasteiger partial charge in [-0.1, -0.05) is 24.3 Å². The van der Waals surface area contributed by atoms with Crippen LogP contribution < -0.4 is 4.90 Å². The molecule has 1 aromatic heterocycles. The van der Waals surface area contributed by atoms with E-state index in [4.69, 9.17) is 0 Å². The molecule has 1 saturated heterocycles. The number of anilines is 1. The summed E-state index contributed by atoms with van der Waals surface area (Å²) in [6, 6.07) is 10.1. The van der Waals surface area contributed by atoms with Crippen LogP contribution in [-0.2, 0) is 17.8 Å². The molecule has 0 atom stereocenters. The zero-order valence-corrected chi connectivity index (χ0v) is 14.5. The highest BCUT2D eigenvalue weighted by Gasteiger charge is 2.24. The van der Waals surface area contributed by atoms with Gasteiger partial charge in [0.15, 0.2) is 0 Å². The first-order chi connectivity index (χ1) is 12.7. The van der Waals surface area contributed by atoms with Gasteiger partial charge < -0.3 is 14.7 Å². The first-order valence-electron chi connectivity index (χ1n) is 8.88. The zero-order valence-electron chi connectivity index (χ0n) is 14.5. The fraction of sp³-hybridized carbons (Fsp3) is 0.368. The predicted octanol–water partition coefficient (Wildman–Crippen LogP) is 0.953. The summed E-state index contributed by atoms with van der Waals surface area (Å²) < 4.78 is 0. The van der Waals surface area contributed by atoms with Crippen LogP contribution in [0.5, 0.6) is 0 Å². The summed E-state index contributed by atoms with van der Waals surface area (Å²) in [5, 5.41) is 0. The Morgan fingerprint density at radius 3 is 2.54 bits per heavy atom. The number of benzene rings is 1. The van der Waals surface area contributed by atoms with Crippen LogP contribution in [0.3, 0.4) is 0 Å². The molecule has 0 saturated carbocycles. The van der Waals surface area contributed by atoms with Crippen molar-refractivity contribution in [3.8, 4) is 0 Å². The molecule has 2 aliphatic rings. The molecule has 2 amide bonds. The summed E-state index contributed by atoms with van der Waals surface area (Å²) in [5.41, 5.74) is 3.06. The number of rotatable bonds is 3. The third kappa shape index (κ3) is 3.24. The van der Waals surface area contributed by atoms with Crippen LogP contribution in [0.1, 0.15) is 21.6 Å². The van der Waals surface area contributed by atoms with Gasteiger partial charge in [-0.3, -0.25) is 9.59 Å². The molecule has 7 nitrogen and oxygen atoms in total. The molecule has 2 aromatic rings. The highest BCUT2D eigenvalue weighted by atomic mass is 16.2. The minimum atomic E-state index is -0.100. The minimum absolute atomic E-state index is 0.100. The number of fused-ring (bicyclic) bond motifs is 1. The summed E-state index contributed by atoms with van der Waals surface area (Å²) in [6.07, 6.45) is 3.43. The fourth-order valence-corrected chi connectivity index (χ4v) is 3.48. The summed E-state index contributed by atoms with van der Waals surface area (Å²) in [7, 11) is 0. The van der Waals surface area contributed by atoms with E-state index in [0.717, 1.165) is 25.9 Å². The molecule has 0 spiro atoms. The van der Waals surface area contributed by atoms with Crippen LogP contribution in [0.25, 0.3) is 0 Å². The molecule has 1 aromatic carbocycles. The van der Waals surface area contributed by atoms with Gasteiger partial charge in [0.1, 0.15) is 5.69 Å². The van der Waals surface area contributed by atoms with Gasteiger partial charge in [0, 0.05) is 45.5 Å². The molecule has 0 bridgehead atoms. The lowest BCUT2D eigenvalue weighted by atomic mass is 10.0. The number of carbonyl (C=O) groups excluding carboxylic acids is 2. The molecule has 0 aliphatic carbocycles. The lowest BCUT2D eigenvalue weighted by Crippen LogP contribution is -2.48. The maximum atomic E-state index is 12.7. The topological polar surface area (TPSA) is 69.6 Å². The summed E-state index contributed by atoms with van der Waals surface area (Å²) in [6.45, 7) is 3.80. The number of amides is 2. The Morgan fingerprint density at radius 2 is 1.77 bits per heavy atom. The van der Waals surface area contributed by atoms with Crippen molar-refractivity contribution in [1.82, 2.24) is 19.8 Å². The van der Waals surface area contributed by atoms with Crippen molar-refractivity contribution in [3.05, 3.63) is 53.3 Å². The predicted molar refractivity (Wildman–Crippen MR) is 96.8 cm³/mol. The zero-order chi connectivity index (χ0) is 17.9. The van der Waals surface area contributed by atoms with Crippen LogP contribution in [0, 0.1) is 0 Å². The van der Waals surface area contributed by atoms with Gasteiger partial charge in [-0.15, -0.1) is 0 Å². The van der Waals surface area contributed by atoms with E-state index in [0.29, 0.717) is 37.8 Å². The second kappa shape index (κ2) is 7.11. The smallest absolute Gasteiger partial charge is 0.272 e. The van der Waals surface area contributed by atoms with Gasteiger partial charge in [-0.25, -0.2) is 9.97 Å². The van der Waals surface area contributed by atoms with Crippen molar-refractivity contribution in [2.45, 2.75) is 13.0 Å². The lowest BCUT2D eigenvalue weighted by Gasteiger charge is -2.32. The van der Waals surface area contributed by atoms with Crippen molar-refractivity contribution in [3.63, 3.8) is 0 Å². The first kappa shape index (κ1) is 16.5. The Morgan fingerprint density at radius 1 is 1.00 bits per heavy atom. The van der Waals surface area contributed by atoms with Gasteiger partial charge in [0.25, 0.3) is 5.91 Å². The highest BCUT2D eigenvalue weighted by molar-refractivity contribution is 5.92. The van der Waals surface area contributed by atoms with Crippen LogP contribution in [-0.4, -0.2) is 64.8 Å². The number of nitrogens with zero attached hydrogens (tertiary/aromatic N) is 5. The third-order valence-electron chi connectivity index (χ3n) is 5.03. The van der Waals surface area contributed by atoms with Gasteiger partial charge in [-0.05, 0) is 23.6 Å². The van der Waals surface area contributed by atoms with E-state index in [1.54, 1.807) is 22.1 Å².